The van der Waals surface area contributed by atoms with Gasteiger partial charge in [0.2, 0.25) is 11.9 Å². The van der Waals surface area contributed by atoms with Crippen molar-refractivity contribution >= 4 is 23.4 Å². The topological polar surface area (TPSA) is 92.3 Å². The van der Waals surface area contributed by atoms with Crippen LogP contribution in [0.4, 0.5) is 43.9 Å². The van der Waals surface area contributed by atoms with Gasteiger partial charge in [-0.15, -0.1) is 0 Å². The molecule has 0 spiro atoms. The third-order valence-electron chi connectivity index (χ3n) is 5.26. The maximum Gasteiger partial charge on any atom is 0.434 e. The van der Waals surface area contributed by atoms with E-state index in [1.807, 2.05) is 0 Å². The first-order valence-corrected chi connectivity index (χ1v) is 11.0. The van der Waals surface area contributed by atoms with Crippen LogP contribution in [0.2, 0.25) is 0 Å². The molecule has 196 valence electrons. The fourth-order valence-corrected chi connectivity index (χ4v) is 3.48. The highest BCUT2D eigenvalue weighted by Crippen LogP contribution is 2.36. The Bertz CT molecular complexity index is 1200. The number of piperazine rings is 1. The molecule has 3 aromatic rings. The number of ketones is 1. The van der Waals surface area contributed by atoms with E-state index in [1.54, 1.807) is 35.2 Å². The van der Waals surface area contributed by atoms with Crippen LogP contribution in [0.5, 0.6) is 6.01 Å². The van der Waals surface area contributed by atoms with Crippen LogP contribution in [0, 0.1) is 0 Å². The molecule has 0 radical (unpaired) electrons. The van der Waals surface area contributed by atoms with E-state index in [9.17, 15) is 31.1 Å². The molecule has 14 heteroatoms. The van der Waals surface area contributed by atoms with Gasteiger partial charge in [0.25, 0.3) is 6.10 Å². The summed E-state index contributed by atoms with van der Waals surface area (Å²) in [5.74, 6) is -0.703. The fourth-order valence-electron chi connectivity index (χ4n) is 3.48. The summed E-state index contributed by atoms with van der Waals surface area (Å²) in [7, 11) is 0. The predicted molar refractivity (Wildman–Crippen MR) is 121 cm³/mol. The van der Waals surface area contributed by atoms with Crippen LogP contribution in [0.25, 0.3) is 0 Å². The number of benzene rings is 2. The number of rotatable bonds is 7. The van der Waals surface area contributed by atoms with Gasteiger partial charge in [-0.3, -0.25) is 4.79 Å². The molecular formula is C23H20F6N6O2. The van der Waals surface area contributed by atoms with Gasteiger partial charge < -0.3 is 20.3 Å². The van der Waals surface area contributed by atoms with Crippen LogP contribution in [0.1, 0.15) is 15.9 Å². The van der Waals surface area contributed by atoms with Crippen molar-refractivity contribution in [2.45, 2.75) is 18.5 Å². The van der Waals surface area contributed by atoms with E-state index in [0.29, 0.717) is 43.0 Å². The van der Waals surface area contributed by atoms with Gasteiger partial charge in [-0.2, -0.15) is 41.3 Å². The molecule has 1 aromatic heterocycles. The van der Waals surface area contributed by atoms with Crippen LogP contribution < -0.4 is 20.3 Å². The van der Waals surface area contributed by atoms with E-state index in [0.717, 1.165) is 0 Å². The zero-order valence-electron chi connectivity index (χ0n) is 19.0. The van der Waals surface area contributed by atoms with Gasteiger partial charge in [-0.1, -0.05) is 30.3 Å². The molecule has 2 aromatic carbocycles. The number of halogens is 6. The lowest BCUT2D eigenvalue weighted by atomic mass is 10.0. The first kappa shape index (κ1) is 26.1. The number of alkyl halides is 6. The van der Waals surface area contributed by atoms with E-state index in [2.05, 4.69) is 30.3 Å². The van der Waals surface area contributed by atoms with E-state index in [1.165, 1.54) is 24.3 Å². The molecule has 1 aliphatic rings. The zero-order valence-corrected chi connectivity index (χ0v) is 19.0. The molecule has 0 atom stereocenters. The van der Waals surface area contributed by atoms with Crippen molar-refractivity contribution < 1.29 is 35.9 Å². The van der Waals surface area contributed by atoms with Crippen molar-refractivity contribution in [2.24, 2.45) is 0 Å². The molecule has 8 nitrogen and oxygen atoms in total. The minimum atomic E-state index is -5.74. The van der Waals surface area contributed by atoms with E-state index in [4.69, 9.17) is 0 Å². The number of hydrogen-bond donors (Lipinski definition) is 2. The van der Waals surface area contributed by atoms with Crippen LogP contribution >= 0.6 is 0 Å². The second-order valence-electron chi connectivity index (χ2n) is 7.96. The van der Waals surface area contributed by atoms with Gasteiger partial charge in [-0.25, -0.2) is 0 Å². The van der Waals surface area contributed by atoms with Gasteiger partial charge in [0.15, 0.2) is 5.78 Å². The summed E-state index contributed by atoms with van der Waals surface area (Å²) in [4.78, 5) is 25.6. The van der Waals surface area contributed by atoms with Crippen molar-refractivity contribution in [1.82, 2.24) is 20.3 Å². The lowest BCUT2D eigenvalue weighted by Crippen LogP contribution is -2.47. The van der Waals surface area contributed by atoms with Crippen LogP contribution in [-0.2, 0) is 0 Å². The molecule has 1 fully saturated rings. The lowest BCUT2D eigenvalue weighted by Gasteiger charge is -2.28. The molecule has 37 heavy (non-hydrogen) atoms. The Kier molecular flexibility index (Phi) is 7.47. The third-order valence-corrected chi connectivity index (χ3v) is 5.26. The summed E-state index contributed by atoms with van der Waals surface area (Å²) >= 11 is 0. The molecule has 2 N–H and O–H groups in total. The lowest BCUT2D eigenvalue weighted by molar-refractivity contribution is -0.301. The summed E-state index contributed by atoms with van der Waals surface area (Å²) < 4.78 is 82.5. The van der Waals surface area contributed by atoms with Crippen molar-refractivity contribution in [3.8, 4) is 6.01 Å². The second-order valence-corrected chi connectivity index (χ2v) is 7.96. The van der Waals surface area contributed by atoms with E-state index < -0.39 is 24.5 Å². The Balaban J connectivity index is 1.61. The number of hydrogen-bond acceptors (Lipinski definition) is 8. The van der Waals surface area contributed by atoms with Gasteiger partial charge >= 0.3 is 18.4 Å². The molecule has 1 aliphatic heterocycles. The smallest absolute Gasteiger partial charge is 0.434 e. The van der Waals surface area contributed by atoms with Gasteiger partial charge in [-0.05, 0) is 24.3 Å². The maximum atomic E-state index is 13.1. The highest BCUT2D eigenvalue weighted by Gasteiger charge is 2.59. The molecule has 1 saturated heterocycles. The number of nitrogens with one attached hydrogen (secondary N) is 2. The highest BCUT2D eigenvalue weighted by atomic mass is 19.4. The number of anilines is 3. The summed E-state index contributed by atoms with van der Waals surface area (Å²) in [6, 6.07) is 13.4. The minimum Gasteiger partial charge on any atom is -0.440 e. The molecule has 0 bridgehead atoms. The minimum absolute atomic E-state index is 0.145. The third kappa shape index (κ3) is 6.64. The summed E-state index contributed by atoms with van der Waals surface area (Å²) in [5, 5.41) is 5.79. The Labute approximate surface area is 206 Å². The average Bonchev–Trinajstić information content (AvgIpc) is 2.87. The van der Waals surface area contributed by atoms with Crippen LogP contribution in [-0.4, -0.2) is 65.4 Å². The predicted octanol–water partition coefficient (Wildman–Crippen LogP) is 4.13. The second kappa shape index (κ2) is 10.6. The average molecular weight is 526 g/mol. The molecule has 0 unspecified atom stereocenters. The summed E-state index contributed by atoms with van der Waals surface area (Å²) in [6.45, 7) is 1.74. The van der Waals surface area contributed by atoms with Crippen LogP contribution in [0.15, 0.2) is 54.6 Å². The fraction of sp³-hybridized carbons (Fsp3) is 0.304. The van der Waals surface area contributed by atoms with E-state index in [-0.39, 0.29) is 17.7 Å². The molecule has 0 amide bonds. The Hall–Kier alpha value is -3.94. The first-order chi connectivity index (χ1) is 17.5. The van der Waals surface area contributed by atoms with Crippen LogP contribution in [0.3, 0.4) is 0 Å². The SMILES string of the molecule is O=C(c1ccccc1)c1ccc(Nc2nc(OC(C(F)(F)F)C(F)(F)F)nc(N3CCNCC3)n2)cc1. The van der Waals surface area contributed by atoms with Gasteiger partial charge in [0, 0.05) is 43.0 Å². The molecule has 0 saturated carbocycles. The summed E-state index contributed by atoms with van der Waals surface area (Å²) in [5.41, 5.74) is 1.18. The Morgan fingerprint density at radius 2 is 1.46 bits per heavy atom. The zero-order chi connectivity index (χ0) is 26.6. The number of carbonyl (C=O) groups is 1. The Morgan fingerprint density at radius 3 is 2.05 bits per heavy atom. The number of carbonyl (C=O) groups excluding carboxylic acids is 1. The molecule has 2 heterocycles. The standard InChI is InChI=1S/C23H20F6N6O2/c24-22(25,26)18(23(27,28)29)37-21-33-19(32-20(34-21)35-12-10-30-11-13-35)31-16-8-6-15(7-9-16)17(36)14-4-2-1-3-5-14/h1-9,18,30H,10-13H2,(H,31,32,33,34). The first-order valence-electron chi connectivity index (χ1n) is 11.0. The van der Waals surface area contributed by atoms with Crippen molar-refractivity contribution in [1.29, 1.82) is 0 Å². The van der Waals surface area contributed by atoms with Crippen molar-refractivity contribution in [3.05, 3.63) is 65.7 Å². The number of aromatic nitrogens is 3. The quantitative estimate of drug-likeness (QED) is 0.351. The van der Waals surface area contributed by atoms with E-state index >= 15 is 0 Å². The van der Waals surface area contributed by atoms with Gasteiger partial charge in [0.1, 0.15) is 0 Å². The number of nitrogens with zero attached hydrogens (tertiary/aromatic N) is 4. The van der Waals surface area contributed by atoms with Crippen molar-refractivity contribution in [3.63, 3.8) is 0 Å². The number of ether oxygens (including phenoxy) is 1. The highest BCUT2D eigenvalue weighted by molar-refractivity contribution is 6.09. The maximum absolute atomic E-state index is 13.1. The molecule has 0 aliphatic carbocycles. The molecular weight excluding hydrogens is 506 g/mol. The summed E-state index contributed by atoms with van der Waals surface area (Å²) in [6.07, 6.45) is -15.6. The van der Waals surface area contributed by atoms with Crippen molar-refractivity contribution in [2.75, 3.05) is 36.4 Å². The normalized spacial score (nSPS) is 14.5. The monoisotopic (exact) mass is 526 g/mol. The molecule has 4 rings (SSSR count). The van der Waals surface area contributed by atoms with Gasteiger partial charge in [0.05, 0.1) is 0 Å². The Morgan fingerprint density at radius 1 is 0.865 bits per heavy atom. The largest absolute Gasteiger partial charge is 0.440 e.